The summed E-state index contributed by atoms with van der Waals surface area (Å²) in [6.07, 6.45) is 1.32. The van der Waals surface area contributed by atoms with Crippen molar-refractivity contribution in [1.29, 1.82) is 0 Å². The maximum absolute atomic E-state index is 13.1. The van der Waals surface area contributed by atoms with Crippen molar-refractivity contribution in [1.82, 2.24) is 5.32 Å². The van der Waals surface area contributed by atoms with Crippen LogP contribution in [-0.2, 0) is 9.59 Å². The fourth-order valence-corrected chi connectivity index (χ4v) is 3.53. The number of nitrogens with one attached hydrogen (secondary N) is 1. The third-order valence-electron chi connectivity index (χ3n) is 5.46. The molecule has 1 aliphatic rings. The predicted octanol–water partition coefficient (Wildman–Crippen LogP) is 3.60. The van der Waals surface area contributed by atoms with Crippen LogP contribution < -0.4 is 29.2 Å². The number of methoxy groups -OCH3 is 3. The number of barbiturate groups is 1. The molecule has 188 valence electrons. The summed E-state index contributed by atoms with van der Waals surface area (Å²) >= 11 is 0. The van der Waals surface area contributed by atoms with Crippen LogP contribution in [0.1, 0.15) is 15.9 Å². The molecular weight excluding hydrogens is 480 g/mol. The molecule has 0 spiro atoms. The van der Waals surface area contributed by atoms with E-state index < -0.39 is 23.8 Å². The minimum atomic E-state index is -0.865. The molecule has 3 aromatic rings. The number of esters is 1. The number of ether oxygens (including phenoxy) is 4. The normalized spacial score (nSPS) is 14.3. The van der Waals surface area contributed by atoms with Gasteiger partial charge in [0.05, 0.1) is 32.6 Å². The van der Waals surface area contributed by atoms with Gasteiger partial charge in [0.15, 0.2) is 11.5 Å². The maximum Gasteiger partial charge on any atom is 0.343 e. The summed E-state index contributed by atoms with van der Waals surface area (Å²) in [6, 6.07) is 16.3. The molecule has 4 amide bonds. The van der Waals surface area contributed by atoms with Crippen molar-refractivity contribution >= 4 is 35.6 Å². The molecule has 37 heavy (non-hydrogen) atoms. The van der Waals surface area contributed by atoms with E-state index in [1.54, 1.807) is 42.5 Å². The van der Waals surface area contributed by atoms with E-state index in [1.807, 2.05) is 0 Å². The number of hydrogen-bond acceptors (Lipinski definition) is 8. The summed E-state index contributed by atoms with van der Waals surface area (Å²) in [5.74, 6) is -0.771. The van der Waals surface area contributed by atoms with Crippen LogP contribution in [-0.4, -0.2) is 45.1 Å². The molecule has 10 nitrogen and oxygen atoms in total. The summed E-state index contributed by atoms with van der Waals surface area (Å²) in [6.45, 7) is 0. The van der Waals surface area contributed by atoms with E-state index in [2.05, 4.69) is 5.32 Å². The quantitative estimate of drug-likeness (QED) is 0.225. The summed E-state index contributed by atoms with van der Waals surface area (Å²) in [4.78, 5) is 51.4. The first-order valence-corrected chi connectivity index (χ1v) is 10.9. The molecule has 1 heterocycles. The number of carbonyl (C=O) groups is 4. The van der Waals surface area contributed by atoms with Gasteiger partial charge >= 0.3 is 12.0 Å². The van der Waals surface area contributed by atoms with Crippen LogP contribution in [0.4, 0.5) is 10.5 Å². The van der Waals surface area contributed by atoms with Crippen molar-refractivity contribution in [3.63, 3.8) is 0 Å². The number of amides is 4. The van der Waals surface area contributed by atoms with Crippen LogP contribution in [0, 0.1) is 0 Å². The van der Waals surface area contributed by atoms with Gasteiger partial charge in [-0.15, -0.1) is 0 Å². The van der Waals surface area contributed by atoms with Gasteiger partial charge in [0.25, 0.3) is 11.8 Å². The first-order chi connectivity index (χ1) is 17.8. The van der Waals surface area contributed by atoms with Gasteiger partial charge in [0.1, 0.15) is 17.1 Å². The van der Waals surface area contributed by atoms with E-state index in [-0.39, 0.29) is 22.8 Å². The second-order valence-corrected chi connectivity index (χ2v) is 7.68. The van der Waals surface area contributed by atoms with Gasteiger partial charge in [0, 0.05) is 0 Å². The highest BCUT2D eigenvalue weighted by Gasteiger charge is 2.36. The van der Waals surface area contributed by atoms with Gasteiger partial charge in [-0.25, -0.2) is 14.5 Å². The maximum atomic E-state index is 13.1. The Hall–Kier alpha value is -5.12. The molecule has 1 N–H and O–H groups in total. The average molecular weight is 502 g/mol. The van der Waals surface area contributed by atoms with Crippen molar-refractivity contribution in [2.75, 3.05) is 26.2 Å². The van der Waals surface area contributed by atoms with Crippen LogP contribution in [0.2, 0.25) is 0 Å². The van der Waals surface area contributed by atoms with E-state index in [1.165, 1.54) is 51.7 Å². The van der Waals surface area contributed by atoms with E-state index in [0.29, 0.717) is 22.6 Å². The number of hydrogen-bond donors (Lipinski definition) is 1. The molecule has 0 bridgehead atoms. The Labute approximate surface area is 212 Å². The number of imide groups is 2. The predicted molar refractivity (Wildman–Crippen MR) is 133 cm³/mol. The monoisotopic (exact) mass is 502 g/mol. The Morgan fingerprint density at radius 3 is 2.00 bits per heavy atom. The molecule has 0 radical (unpaired) electrons. The summed E-state index contributed by atoms with van der Waals surface area (Å²) < 4.78 is 21.0. The van der Waals surface area contributed by atoms with Crippen molar-refractivity contribution in [2.45, 2.75) is 0 Å². The zero-order valence-corrected chi connectivity index (χ0v) is 20.1. The molecule has 10 heteroatoms. The van der Waals surface area contributed by atoms with Crippen LogP contribution in [0.3, 0.4) is 0 Å². The number of anilines is 1. The van der Waals surface area contributed by atoms with Crippen molar-refractivity contribution < 1.29 is 38.1 Å². The van der Waals surface area contributed by atoms with Crippen molar-refractivity contribution in [3.05, 3.63) is 83.4 Å². The molecule has 3 aromatic carbocycles. The highest BCUT2D eigenvalue weighted by molar-refractivity contribution is 6.39. The lowest BCUT2D eigenvalue weighted by atomic mass is 10.1. The topological polar surface area (TPSA) is 120 Å². The van der Waals surface area contributed by atoms with E-state index in [4.69, 9.17) is 18.9 Å². The number of rotatable bonds is 7. The lowest BCUT2D eigenvalue weighted by Crippen LogP contribution is -2.54. The number of carbonyl (C=O) groups excluding carboxylic acids is 4. The highest BCUT2D eigenvalue weighted by Crippen LogP contribution is 2.31. The molecule has 4 rings (SSSR count). The summed E-state index contributed by atoms with van der Waals surface area (Å²) in [5, 5.41) is 2.17. The van der Waals surface area contributed by atoms with E-state index in [9.17, 15) is 19.2 Å². The molecule has 0 aliphatic carbocycles. The van der Waals surface area contributed by atoms with Gasteiger partial charge in [-0.3, -0.25) is 14.9 Å². The van der Waals surface area contributed by atoms with Crippen LogP contribution in [0.15, 0.2) is 72.3 Å². The lowest BCUT2D eigenvalue weighted by molar-refractivity contribution is -0.122. The molecular formula is C27H22N2O8. The van der Waals surface area contributed by atoms with Crippen LogP contribution in [0.25, 0.3) is 6.08 Å². The fourth-order valence-electron chi connectivity index (χ4n) is 3.53. The summed E-state index contributed by atoms with van der Waals surface area (Å²) in [5.41, 5.74) is 0.714. The molecule has 0 atom stereocenters. The molecule has 1 aliphatic heterocycles. The Morgan fingerprint density at radius 2 is 1.41 bits per heavy atom. The molecule has 1 saturated heterocycles. The smallest absolute Gasteiger partial charge is 0.343 e. The van der Waals surface area contributed by atoms with Crippen molar-refractivity contribution in [3.8, 4) is 23.0 Å². The fraction of sp³-hybridized carbons (Fsp3) is 0.111. The first-order valence-electron chi connectivity index (χ1n) is 10.9. The third kappa shape index (κ3) is 5.27. The summed E-state index contributed by atoms with van der Waals surface area (Å²) in [7, 11) is 4.40. The molecule has 0 saturated carbocycles. The number of urea groups is 1. The molecule has 0 aromatic heterocycles. The van der Waals surface area contributed by atoms with Crippen LogP contribution in [0.5, 0.6) is 23.0 Å². The Morgan fingerprint density at radius 1 is 0.784 bits per heavy atom. The minimum absolute atomic E-state index is 0.139. The third-order valence-corrected chi connectivity index (χ3v) is 5.46. The lowest BCUT2D eigenvalue weighted by Gasteiger charge is -2.26. The zero-order valence-electron chi connectivity index (χ0n) is 20.1. The second kappa shape index (κ2) is 10.6. The minimum Gasteiger partial charge on any atom is -0.497 e. The van der Waals surface area contributed by atoms with Crippen LogP contribution >= 0.6 is 0 Å². The van der Waals surface area contributed by atoms with Gasteiger partial charge in [-0.05, 0) is 72.3 Å². The van der Waals surface area contributed by atoms with E-state index in [0.717, 1.165) is 4.90 Å². The van der Waals surface area contributed by atoms with Gasteiger partial charge in [0.2, 0.25) is 0 Å². The number of benzene rings is 3. The Bertz CT molecular complexity index is 1390. The van der Waals surface area contributed by atoms with Crippen molar-refractivity contribution in [2.24, 2.45) is 0 Å². The largest absolute Gasteiger partial charge is 0.497 e. The second-order valence-electron chi connectivity index (χ2n) is 7.68. The first kappa shape index (κ1) is 25.0. The Balaban J connectivity index is 1.59. The average Bonchev–Trinajstić information content (AvgIpc) is 2.92. The molecule has 0 unspecified atom stereocenters. The molecule has 1 fully saturated rings. The van der Waals surface area contributed by atoms with E-state index >= 15 is 0 Å². The SMILES string of the molecule is COc1ccc(C(=O)Oc2ccc(/C=C3\C(=O)NC(=O)N(c4ccc(OC)cc4)C3=O)cc2OC)cc1. The Kier molecular flexibility index (Phi) is 7.19. The van der Waals surface area contributed by atoms with Gasteiger partial charge in [-0.1, -0.05) is 6.07 Å². The number of nitrogens with zero attached hydrogens (tertiary/aromatic N) is 1. The van der Waals surface area contributed by atoms with Gasteiger partial charge < -0.3 is 18.9 Å². The zero-order chi connectivity index (χ0) is 26.5. The standard InChI is InChI=1S/C27H22N2O8/c1-34-19-9-5-17(6-10-19)26(32)37-22-13-4-16(15-23(22)36-3)14-21-24(30)28-27(33)29(25(21)31)18-7-11-20(35-2)12-8-18/h4-15H,1-3H3,(H,28,30,33)/b21-14+. The van der Waals surface area contributed by atoms with Gasteiger partial charge in [-0.2, -0.15) is 0 Å². The highest BCUT2D eigenvalue weighted by atomic mass is 16.6.